The first-order valence-corrected chi connectivity index (χ1v) is 11.4. The minimum atomic E-state index is -0.581. The van der Waals surface area contributed by atoms with Gasteiger partial charge in [-0.1, -0.05) is 32.0 Å². The monoisotopic (exact) mass is 478 g/mol. The summed E-state index contributed by atoms with van der Waals surface area (Å²) >= 11 is 0. The topological polar surface area (TPSA) is 98.1 Å². The van der Waals surface area contributed by atoms with E-state index in [9.17, 15) is 14.9 Å². The molecule has 0 spiro atoms. The number of rotatable bonds is 8. The maximum Gasteiger partial charge on any atom is 0.349 e. The lowest BCUT2D eigenvalue weighted by Gasteiger charge is -2.26. The SMILES string of the molecule is COc1cc(/C=C(\C#N)C(=O)N2CCOCC2)ccc1OC(=O)COc1cc(C)ccc1C(C)C. The van der Waals surface area contributed by atoms with Crippen LogP contribution in [0.1, 0.15) is 36.5 Å². The predicted molar refractivity (Wildman–Crippen MR) is 130 cm³/mol. The zero-order valence-electron chi connectivity index (χ0n) is 20.5. The quantitative estimate of drug-likeness (QED) is 0.246. The van der Waals surface area contributed by atoms with Crippen LogP contribution in [0.4, 0.5) is 0 Å². The molecule has 0 aliphatic carbocycles. The summed E-state index contributed by atoms with van der Waals surface area (Å²) in [5, 5.41) is 9.50. The normalized spacial score (nSPS) is 13.8. The number of hydrogen-bond acceptors (Lipinski definition) is 7. The first-order chi connectivity index (χ1) is 16.8. The molecule has 2 aromatic carbocycles. The molecule has 0 N–H and O–H groups in total. The second-order valence-corrected chi connectivity index (χ2v) is 8.44. The Hall–Kier alpha value is -3.83. The predicted octanol–water partition coefficient (Wildman–Crippen LogP) is 3.88. The second kappa shape index (κ2) is 12.0. The molecule has 1 heterocycles. The van der Waals surface area contributed by atoms with Crippen LogP contribution in [0.25, 0.3) is 6.08 Å². The highest BCUT2D eigenvalue weighted by Gasteiger charge is 2.21. The standard InChI is InChI=1S/C27H30N2O6/c1-18(2)22-7-5-19(3)13-24(22)34-17-26(30)35-23-8-6-20(15-25(23)32-4)14-21(16-28)27(31)29-9-11-33-12-10-29/h5-8,13-15,18H,9-12,17H2,1-4H3/b21-14+. The maximum atomic E-state index is 12.6. The van der Waals surface area contributed by atoms with Gasteiger partial charge in [-0.2, -0.15) is 5.26 Å². The fourth-order valence-electron chi connectivity index (χ4n) is 3.64. The van der Waals surface area contributed by atoms with Crippen LogP contribution >= 0.6 is 0 Å². The number of ether oxygens (including phenoxy) is 4. The van der Waals surface area contributed by atoms with Crippen LogP contribution in [0.3, 0.4) is 0 Å². The molecule has 2 aromatic rings. The van der Waals surface area contributed by atoms with E-state index in [1.54, 1.807) is 23.1 Å². The molecule has 0 radical (unpaired) electrons. The number of nitrogens with zero attached hydrogens (tertiary/aromatic N) is 2. The van der Waals surface area contributed by atoms with Crippen molar-refractivity contribution in [1.82, 2.24) is 4.90 Å². The van der Waals surface area contributed by atoms with Gasteiger partial charge in [0.1, 0.15) is 17.4 Å². The smallest absolute Gasteiger partial charge is 0.349 e. The average molecular weight is 479 g/mol. The Kier molecular flexibility index (Phi) is 8.87. The molecule has 0 saturated carbocycles. The molecule has 8 heteroatoms. The lowest BCUT2D eigenvalue weighted by molar-refractivity contribution is -0.136. The van der Waals surface area contributed by atoms with Gasteiger partial charge in [0.15, 0.2) is 18.1 Å². The zero-order valence-corrected chi connectivity index (χ0v) is 20.5. The molecule has 35 heavy (non-hydrogen) atoms. The Labute approximate surface area is 205 Å². The van der Waals surface area contributed by atoms with Gasteiger partial charge in [-0.15, -0.1) is 0 Å². The Morgan fingerprint density at radius 3 is 2.51 bits per heavy atom. The van der Waals surface area contributed by atoms with Gasteiger partial charge in [0.05, 0.1) is 20.3 Å². The molecule has 1 fully saturated rings. The number of morpholine rings is 1. The molecule has 3 rings (SSSR count). The van der Waals surface area contributed by atoms with Crippen molar-refractivity contribution in [3.8, 4) is 23.3 Å². The molecular formula is C27H30N2O6. The average Bonchev–Trinajstić information content (AvgIpc) is 2.86. The molecule has 0 unspecified atom stereocenters. The minimum absolute atomic E-state index is 0.00575. The summed E-state index contributed by atoms with van der Waals surface area (Å²) in [5.41, 5.74) is 2.62. The van der Waals surface area contributed by atoms with Gasteiger partial charge in [-0.05, 0) is 53.8 Å². The molecule has 184 valence electrons. The summed E-state index contributed by atoms with van der Waals surface area (Å²) in [4.78, 5) is 26.7. The van der Waals surface area contributed by atoms with Crippen LogP contribution in [0.15, 0.2) is 42.0 Å². The van der Waals surface area contributed by atoms with Gasteiger partial charge in [0.25, 0.3) is 5.91 Å². The van der Waals surface area contributed by atoms with E-state index >= 15 is 0 Å². The van der Waals surface area contributed by atoms with E-state index in [2.05, 4.69) is 13.8 Å². The van der Waals surface area contributed by atoms with Gasteiger partial charge in [-0.3, -0.25) is 4.79 Å². The molecule has 0 atom stereocenters. The number of amides is 1. The van der Waals surface area contributed by atoms with Crippen molar-refractivity contribution in [2.75, 3.05) is 40.0 Å². The van der Waals surface area contributed by atoms with Gasteiger partial charge < -0.3 is 23.8 Å². The Bertz CT molecular complexity index is 1140. The van der Waals surface area contributed by atoms with Crippen LogP contribution in [0, 0.1) is 18.3 Å². The van der Waals surface area contributed by atoms with E-state index in [0.29, 0.717) is 43.4 Å². The summed E-state index contributed by atoms with van der Waals surface area (Å²) in [7, 11) is 1.45. The third-order valence-electron chi connectivity index (χ3n) is 5.51. The molecular weight excluding hydrogens is 448 g/mol. The third-order valence-corrected chi connectivity index (χ3v) is 5.51. The Morgan fingerprint density at radius 2 is 1.86 bits per heavy atom. The van der Waals surface area contributed by atoms with E-state index < -0.39 is 5.97 Å². The van der Waals surface area contributed by atoms with Gasteiger partial charge in [0, 0.05) is 13.1 Å². The van der Waals surface area contributed by atoms with Crippen LogP contribution < -0.4 is 14.2 Å². The zero-order chi connectivity index (χ0) is 25.4. The van der Waals surface area contributed by atoms with Crippen LogP contribution in [0.5, 0.6) is 17.2 Å². The molecule has 0 bridgehead atoms. The van der Waals surface area contributed by atoms with Gasteiger partial charge in [-0.25, -0.2) is 4.79 Å². The molecule has 1 aliphatic rings. The summed E-state index contributed by atoms with van der Waals surface area (Å²) in [5.74, 6) is 0.475. The molecule has 1 saturated heterocycles. The number of esters is 1. The second-order valence-electron chi connectivity index (χ2n) is 8.44. The summed E-state index contributed by atoms with van der Waals surface area (Å²) in [6, 6.07) is 12.7. The Balaban J connectivity index is 1.70. The van der Waals surface area contributed by atoms with Crippen molar-refractivity contribution in [1.29, 1.82) is 5.26 Å². The molecule has 8 nitrogen and oxygen atoms in total. The highest BCUT2D eigenvalue weighted by atomic mass is 16.6. The number of methoxy groups -OCH3 is 1. The van der Waals surface area contributed by atoms with Crippen molar-refractivity contribution in [2.45, 2.75) is 26.7 Å². The van der Waals surface area contributed by atoms with E-state index in [0.717, 1.165) is 11.1 Å². The first-order valence-electron chi connectivity index (χ1n) is 11.4. The number of aryl methyl sites for hydroxylation is 1. The summed E-state index contributed by atoms with van der Waals surface area (Å²) in [6.07, 6.45) is 1.49. The largest absolute Gasteiger partial charge is 0.493 e. The van der Waals surface area contributed by atoms with E-state index in [4.69, 9.17) is 18.9 Å². The Morgan fingerprint density at radius 1 is 1.11 bits per heavy atom. The van der Waals surface area contributed by atoms with E-state index in [1.165, 1.54) is 13.2 Å². The van der Waals surface area contributed by atoms with Gasteiger partial charge in [0.2, 0.25) is 0 Å². The van der Waals surface area contributed by atoms with Crippen LogP contribution in [-0.4, -0.2) is 56.8 Å². The first kappa shape index (κ1) is 25.8. The molecule has 0 aromatic heterocycles. The maximum absolute atomic E-state index is 12.6. The number of carbonyl (C=O) groups is 2. The fraction of sp³-hybridized carbons (Fsp3) is 0.370. The van der Waals surface area contributed by atoms with E-state index in [-0.39, 0.29) is 29.8 Å². The molecule has 1 amide bonds. The lowest BCUT2D eigenvalue weighted by Crippen LogP contribution is -2.41. The number of benzene rings is 2. The van der Waals surface area contributed by atoms with Gasteiger partial charge >= 0.3 is 5.97 Å². The highest BCUT2D eigenvalue weighted by molar-refractivity contribution is 6.01. The molecule has 1 aliphatic heterocycles. The number of nitriles is 1. The minimum Gasteiger partial charge on any atom is -0.493 e. The van der Waals surface area contributed by atoms with Crippen molar-refractivity contribution >= 4 is 18.0 Å². The number of carbonyl (C=O) groups excluding carboxylic acids is 2. The third kappa shape index (κ3) is 6.84. The van der Waals surface area contributed by atoms with Crippen molar-refractivity contribution < 1.29 is 28.5 Å². The summed E-state index contributed by atoms with van der Waals surface area (Å²) in [6.45, 7) is 7.60. The van der Waals surface area contributed by atoms with Crippen LogP contribution in [-0.2, 0) is 14.3 Å². The highest BCUT2D eigenvalue weighted by Crippen LogP contribution is 2.30. The van der Waals surface area contributed by atoms with E-state index in [1.807, 2.05) is 31.2 Å². The summed E-state index contributed by atoms with van der Waals surface area (Å²) < 4.78 is 21.8. The van der Waals surface area contributed by atoms with Crippen LogP contribution in [0.2, 0.25) is 0 Å². The van der Waals surface area contributed by atoms with Crippen molar-refractivity contribution in [2.24, 2.45) is 0 Å². The lowest BCUT2D eigenvalue weighted by atomic mass is 10.0. The fourth-order valence-corrected chi connectivity index (χ4v) is 3.64. The van der Waals surface area contributed by atoms with Crippen molar-refractivity contribution in [3.63, 3.8) is 0 Å². The number of hydrogen-bond donors (Lipinski definition) is 0. The van der Waals surface area contributed by atoms with Crippen molar-refractivity contribution in [3.05, 3.63) is 58.7 Å².